The molecule has 96 valence electrons. The number of pyridine rings is 1. The number of nitrogens with zero attached hydrogens (tertiary/aromatic N) is 1. The van der Waals surface area contributed by atoms with Crippen LogP contribution in [0.4, 0.5) is 5.82 Å². The largest absolute Gasteiger partial charge is 0.478 e. The molecule has 0 amide bonds. The topological polar surface area (TPSA) is 69.4 Å². The molecule has 1 rings (SSSR count). The van der Waals surface area contributed by atoms with Crippen molar-refractivity contribution in [1.29, 1.82) is 0 Å². The van der Waals surface area contributed by atoms with E-state index in [0.717, 1.165) is 12.2 Å². The maximum atomic E-state index is 5.55. The molecule has 0 aliphatic heterocycles. The zero-order valence-electron chi connectivity index (χ0n) is 10.5. The molecule has 1 heterocycles. The third kappa shape index (κ3) is 5.01. The summed E-state index contributed by atoms with van der Waals surface area (Å²) in [4.78, 5) is 4.34. The lowest BCUT2D eigenvalue weighted by Gasteiger charge is -2.17. The Morgan fingerprint density at radius 3 is 2.94 bits per heavy atom. The second-order valence-corrected chi connectivity index (χ2v) is 3.67. The van der Waals surface area contributed by atoms with Crippen LogP contribution in [0.15, 0.2) is 18.2 Å². The van der Waals surface area contributed by atoms with Crippen LogP contribution in [0.2, 0.25) is 0 Å². The van der Waals surface area contributed by atoms with Crippen molar-refractivity contribution in [2.75, 3.05) is 32.2 Å². The Morgan fingerprint density at radius 1 is 1.47 bits per heavy atom. The normalized spacial score (nSPS) is 12.2. The van der Waals surface area contributed by atoms with E-state index in [0.29, 0.717) is 25.6 Å². The highest BCUT2D eigenvalue weighted by molar-refractivity contribution is 5.38. The molecule has 0 aliphatic carbocycles. The van der Waals surface area contributed by atoms with E-state index in [2.05, 4.69) is 10.3 Å². The molecular formula is C12H21N3O2. The van der Waals surface area contributed by atoms with Gasteiger partial charge in [-0.3, -0.25) is 0 Å². The Kier molecular flexibility index (Phi) is 6.35. The lowest BCUT2D eigenvalue weighted by molar-refractivity contribution is 0.183. The molecule has 0 bridgehead atoms. The van der Waals surface area contributed by atoms with Crippen LogP contribution in [0.3, 0.4) is 0 Å². The molecule has 17 heavy (non-hydrogen) atoms. The molecule has 0 aliphatic rings. The summed E-state index contributed by atoms with van der Waals surface area (Å²) in [5.74, 6) is 1.41. The fourth-order valence-corrected chi connectivity index (χ4v) is 1.53. The Balaban J connectivity index is 2.60. The standard InChI is InChI=1S/C12H21N3O2/c1-3-17-12-6-4-5-11(15-12)14-10(7-8-13)9-16-2/h4-6,10H,3,7-9,13H2,1-2H3,(H,14,15). The molecule has 1 atom stereocenters. The van der Waals surface area contributed by atoms with Gasteiger partial charge in [-0.1, -0.05) is 6.07 Å². The number of nitrogens with two attached hydrogens (primary N) is 1. The Bertz CT molecular complexity index is 314. The van der Waals surface area contributed by atoms with Gasteiger partial charge in [-0.15, -0.1) is 0 Å². The van der Waals surface area contributed by atoms with Gasteiger partial charge >= 0.3 is 0 Å². The van der Waals surface area contributed by atoms with Crippen LogP contribution in [0, 0.1) is 0 Å². The van der Waals surface area contributed by atoms with Gasteiger partial charge in [0.1, 0.15) is 5.82 Å². The van der Waals surface area contributed by atoms with Gasteiger partial charge < -0.3 is 20.5 Å². The van der Waals surface area contributed by atoms with Crippen LogP contribution in [0.1, 0.15) is 13.3 Å². The summed E-state index contributed by atoms with van der Waals surface area (Å²) in [6.07, 6.45) is 0.842. The predicted molar refractivity (Wildman–Crippen MR) is 68.4 cm³/mol. The molecule has 1 aromatic rings. The van der Waals surface area contributed by atoms with Crippen molar-refractivity contribution < 1.29 is 9.47 Å². The monoisotopic (exact) mass is 239 g/mol. The van der Waals surface area contributed by atoms with E-state index >= 15 is 0 Å². The summed E-state index contributed by atoms with van der Waals surface area (Å²) in [7, 11) is 1.68. The van der Waals surface area contributed by atoms with Gasteiger partial charge in [0.15, 0.2) is 0 Å². The molecule has 0 saturated heterocycles. The van der Waals surface area contributed by atoms with Gasteiger partial charge in [-0.2, -0.15) is 4.98 Å². The van der Waals surface area contributed by atoms with Gasteiger partial charge in [0, 0.05) is 13.2 Å². The molecule has 5 nitrogen and oxygen atoms in total. The summed E-state index contributed by atoms with van der Waals surface area (Å²) in [6.45, 7) is 3.77. The van der Waals surface area contributed by atoms with Crippen LogP contribution >= 0.6 is 0 Å². The van der Waals surface area contributed by atoms with Gasteiger partial charge in [0.25, 0.3) is 0 Å². The Hall–Kier alpha value is -1.33. The van der Waals surface area contributed by atoms with Crippen molar-refractivity contribution in [3.05, 3.63) is 18.2 Å². The third-order valence-corrected chi connectivity index (χ3v) is 2.25. The Labute approximate surface area is 102 Å². The number of aromatic nitrogens is 1. The zero-order chi connectivity index (χ0) is 12.5. The summed E-state index contributed by atoms with van der Waals surface area (Å²) >= 11 is 0. The Morgan fingerprint density at radius 2 is 2.29 bits per heavy atom. The second kappa shape index (κ2) is 7.86. The SMILES string of the molecule is CCOc1cccc(NC(CCN)COC)n1. The van der Waals surface area contributed by atoms with Crippen molar-refractivity contribution in [2.24, 2.45) is 5.73 Å². The van der Waals surface area contributed by atoms with Crippen molar-refractivity contribution in [2.45, 2.75) is 19.4 Å². The molecule has 0 saturated carbocycles. The van der Waals surface area contributed by atoms with Crippen LogP contribution < -0.4 is 15.8 Å². The third-order valence-electron chi connectivity index (χ3n) is 2.25. The van der Waals surface area contributed by atoms with Crippen LogP contribution in [-0.2, 0) is 4.74 Å². The van der Waals surface area contributed by atoms with E-state index in [9.17, 15) is 0 Å². The average Bonchev–Trinajstić information content (AvgIpc) is 2.30. The molecule has 0 radical (unpaired) electrons. The van der Waals surface area contributed by atoms with Crippen LogP contribution in [0.25, 0.3) is 0 Å². The molecule has 0 aromatic carbocycles. The number of rotatable bonds is 8. The molecule has 1 unspecified atom stereocenters. The summed E-state index contributed by atoms with van der Waals surface area (Å²) in [6, 6.07) is 5.83. The molecule has 0 fully saturated rings. The van der Waals surface area contributed by atoms with E-state index in [-0.39, 0.29) is 6.04 Å². The highest BCUT2D eigenvalue weighted by atomic mass is 16.5. The highest BCUT2D eigenvalue weighted by Gasteiger charge is 2.08. The summed E-state index contributed by atoms with van der Waals surface area (Å²) in [5, 5.41) is 3.28. The molecule has 1 aromatic heterocycles. The number of hydrogen-bond donors (Lipinski definition) is 2. The van der Waals surface area contributed by atoms with Crippen LogP contribution in [-0.4, -0.2) is 37.9 Å². The first-order chi connectivity index (χ1) is 8.30. The summed E-state index contributed by atoms with van der Waals surface area (Å²) < 4.78 is 10.5. The fourth-order valence-electron chi connectivity index (χ4n) is 1.53. The number of ether oxygens (including phenoxy) is 2. The quantitative estimate of drug-likeness (QED) is 0.714. The predicted octanol–water partition coefficient (Wildman–Crippen LogP) is 1.26. The highest BCUT2D eigenvalue weighted by Crippen LogP contribution is 2.13. The minimum Gasteiger partial charge on any atom is -0.478 e. The molecule has 3 N–H and O–H groups in total. The first-order valence-corrected chi connectivity index (χ1v) is 5.85. The maximum Gasteiger partial charge on any atom is 0.215 e. The number of anilines is 1. The van der Waals surface area contributed by atoms with Gasteiger partial charge in [-0.05, 0) is 26.0 Å². The van der Waals surface area contributed by atoms with Gasteiger partial charge in [0.05, 0.1) is 19.3 Å². The smallest absolute Gasteiger partial charge is 0.215 e. The first-order valence-electron chi connectivity index (χ1n) is 5.85. The average molecular weight is 239 g/mol. The van der Waals surface area contributed by atoms with Gasteiger partial charge in [0.2, 0.25) is 5.88 Å². The molecular weight excluding hydrogens is 218 g/mol. The fraction of sp³-hybridized carbons (Fsp3) is 0.583. The van der Waals surface area contributed by atoms with E-state index in [4.69, 9.17) is 15.2 Å². The van der Waals surface area contributed by atoms with Crippen molar-refractivity contribution >= 4 is 5.82 Å². The number of hydrogen-bond acceptors (Lipinski definition) is 5. The van der Waals surface area contributed by atoms with Crippen LogP contribution in [0.5, 0.6) is 5.88 Å². The minimum absolute atomic E-state index is 0.175. The molecule has 5 heteroatoms. The van der Waals surface area contributed by atoms with E-state index in [1.807, 2.05) is 25.1 Å². The minimum atomic E-state index is 0.175. The number of methoxy groups -OCH3 is 1. The summed E-state index contributed by atoms with van der Waals surface area (Å²) in [5.41, 5.74) is 5.55. The second-order valence-electron chi connectivity index (χ2n) is 3.67. The lowest BCUT2D eigenvalue weighted by atomic mass is 10.2. The lowest BCUT2D eigenvalue weighted by Crippen LogP contribution is -2.28. The number of nitrogens with one attached hydrogen (secondary N) is 1. The maximum absolute atomic E-state index is 5.55. The van der Waals surface area contributed by atoms with Crippen molar-refractivity contribution in [3.63, 3.8) is 0 Å². The van der Waals surface area contributed by atoms with E-state index < -0.39 is 0 Å². The zero-order valence-corrected chi connectivity index (χ0v) is 10.5. The van der Waals surface area contributed by atoms with Gasteiger partial charge in [-0.25, -0.2) is 0 Å². The van der Waals surface area contributed by atoms with Crippen molar-refractivity contribution in [3.8, 4) is 5.88 Å². The molecule has 0 spiro atoms. The van der Waals surface area contributed by atoms with E-state index in [1.165, 1.54) is 0 Å². The van der Waals surface area contributed by atoms with Crippen molar-refractivity contribution in [1.82, 2.24) is 4.98 Å². The first kappa shape index (κ1) is 13.7. The van der Waals surface area contributed by atoms with E-state index in [1.54, 1.807) is 7.11 Å².